The Morgan fingerprint density at radius 3 is 2.58 bits per heavy atom. The predicted octanol–water partition coefficient (Wildman–Crippen LogP) is 2.78. The van der Waals surface area contributed by atoms with Crippen molar-refractivity contribution in [3.05, 3.63) is 34.0 Å². The molecule has 0 aliphatic rings. The van der Waals surface area contributed by atoms with Crippen molar-refractivity contribution in [2.75, 3.05) is 12.0 Å². The quantitative estimate of drug-likeness (QED) is 0.939. The molecule has 5 nitrogen and oxygen atoms in total. The molecule has 0 saturated carbocycles. The van der Waals surface area contributed by atoms with Crippen LogP contribution in [0.1, 0.15) is 5.76 Å². The van der Waals surface area contributed by atoms with Crippen molar-refractivity contribution in [1.29, 1.82) is 0 Å². The van der Waals surface area contributed by atoms with E-state index in [1.165, 1.54) is 0 Å². The van der Waals surface area contributed by atoms with Gasteiger partial charge in [0.05, 0.1) is 15.6 Å². The molecule has 102 valence electrons. The normalized spacial score (nSPS) is 11.7. The summed E-state index contributed by atoms with van der Waals surface area (Å²) in [6.07, 6.45) is 1.10. The minimum atomic E-state index is -3.26. The third kappa shape index (κ3) is 3.20. The third-order valence-electron chi connectivity index (χ3n) is 2.39. The van der Waals surface area contributed by atoms with Crippen LogP contribution in [0.5, 0.6) is 0 Å². The average Bonchev–Trinajstić information content (AvgIpc) is 2.62. The van der Waals surface area contributed by atoms with E-state index in [1.807, 2.05) is 0 Å². The van der Waals surface area contributed by atoms with Gasteiger partial charge in [-0.15, -0.1) is 0 Å². The lowest BCUT2D eigenvalue weighted by Gasteiger charge is -2.03. The lowest BCUT2D eigenvalue weighted by molar-refractivity contribution is 0.396. The molecule has 0 unspecified atom stereocenters. The van der Waals surface area contributed by atoms with Gasteiger partial charge >= 0.3 is 0 Å². The fraction of sp³-hybridized carbons (Fsp3) is 0.182. The fourth-order valence-corrected chi connectivity index (χ4v) is 2.61. The number of nitrogens with zero attached hydrogens (tertiary/aromatic N) is 1. The van der Waals surface area contributed by atoms with Crippen molar-refractivity contribution in [2.24, 2.45) is 0 Å². The maximum atomic E-state index is 11.3. The Morgan fingerprint density at radius 2 is 2.00 bits per heavy atom. The zero-order valence-electron chi connectivity index (χ0n) is 9.85. The molecule has 2 aromatic rings. The van der Waals surface area contributed by atoms with E-state index in [9.17, 15) is 8.42 Å². The number of hydrogen-bond acceptors (Lipinski definition) is 5. The van der Waals surface area contributed by atoms with Crippen LogP contribution in [0.4, 0.5) is 5.82 Å². The minimum Gasteiger partial charge on any atom is -0.380 e. The Hall–Kier alpha value is -1.24. The number of sulfone groups is 1. The fourth-order valence-electron chi connectivity index (χ4n) is 1.64. The van der Waals surface area contributed by atoms with E-state index in [2.05, 4.69) is 5.16 Å². The van der Waals surface area contributed by atoms with Crippen LogP contribution >= 0.6 is 23.2 Å². The second-order valence-electron chi connectivity index (χ2n) is 4.06. The van der Waals surface area contributed by atoms with E-state index in [0.29, 0.717) is 21.2 Å². The van der Waals surface area contributed by atoms with Gasteiger partial charge in [-0.25, -0.2) is 8.42 Å². The monoisotopic (exact) mass is 320 g/mol. The molecule has 1 aromatic heterocycles. The minimum absolute atomic E-state index is 0.108. The van der Waals surface area contributed by atoms with Crippen LogP contribution in [0, 0.1) is 0 Å². The van der Waals surface area contributed by atoms with Crippen LogP contribution in [0.2, 0.25) is 10.0 Å². The van der Waals surface area contributed by atoms with Gasteiger partial charge in [0.15, 0.2) is 21.4 Å². The second kappa shape index (κ2) is 5.03. The van der Waals surface area contributed by atoms with Gasteiger partial charge in [-0.1, -0.05) is 34.4 Å². The summed E-state index contributed by atoms with van der Waals surface area (Å²) in [6, 6.07) is 4.84. The SMILES string of the molecule is CS(=O)(=O)Cc1onc(N)c1-c1ccc(Cl)c(Cl)c1. The lowest BCUT2D eigenvalue weighted by Crippen LogP contribution is -2.01. The van der Waals surface area contributed by atoms with E-state index in [4.69, 9.17) is 33.5 Å². The summed E-state index contributed by atoms with van der Waals surface area (Å²) in [4.78, 5) is 0. The zero-order valence-corrected chi connectivity index (χ0v) is 12.2. The molecule has 2 rings (SSSR count). The molecule has 0 atom stereocenters. The number of nitrogens with two attached hydrogens (primary N) is 1. The van der Waals surface area contributed by atoms with E-state index >= 15 is 0 Å². The highest BCUT2D eigenvalue weighted by Crippen LogP contribution is 2.34. The molecular weight excluding hydrogens is 311 g/mol. The lowest BCUT2D eigenvalue weighted by atomic mass is 10.1. The van der Waals surface area contributed by atoms with Crippen molar-refractivity contribution in [1.82, 2.24) is 5.16 Å². The Labute approximate surface area is 120 Å². The Kier molecular flexibility index (Phi) is 3.75. The topological polar surface area (TPSA) is 86.2 Å². The highest BCUT2D eigenvalue weighted by atomic mass is 35.5. The Morgan fingerprint density at radius 1 is 1.32 bits per heavy atom. The van der Waals surface area contributed by atoms with Gasteiger partial charge in [-0.05, 0) is 17.7 Å². The number of aromatic nitrogens is 1. The summed E-state index contributed by atoms with van der Waals surface area (Å²) in [7, 11) is -3.26. The van der Waals surface area contributed by atoms with Gasteiger partial charge in [-0.3, -0.25) is 0 Å². The average molecular weight is 321 g/mol. The molecule has 0 bridgehead atoms. The summed E-state index contributed by atoms with van der Waals surface area (Å²) in [6.45, 7) is 0. The Balaban J connectivity index is 2.55. The zero-order chi connectivity index (χ0) is 14.2. The summed E-state index contributed by atoms with van der Waals surface area (Å²) >= 11 is 11.8. The van der Waals surface area contributed by atoms with Crippen molar-refractivity contribution in [2.45, 2.75) is 5.75 Å². The van der Waals surface area contributed by atoms with Crippen LogP contribution < -0.4 is 5.73 Å². The van der Waals surface area contributed by atoms with Gasteiger partial charge in [0.1, 0.15) is 5.75 Å². The van der Waals surface area contributed by atoms with Gasteiger partial charge in [0.25, 0.3) is 0 Å². The first-order valence-corrected chi connectivity index (χ1v) is 7.97. The maximum Gasteiger partial charge on any atom is 0.175 e. The molecular formula is C11H10Cl2N2O3S. The van der Waals surface area contributed by atoms with E-state index < -0.39 is 9.84 Å². The van der Waals surface area contributed by atoms with Crippen LogP contribution in [0.3, 0.4) is 0 Å². The number of nitrogen functional groups attached to an aromatic ring is 1. The number of benzene rings is 1. The van der Waals surface area contributed by atoms with E-state index in [1.54, 1.807) is 18.2 Å². The molecule has 0 aliphatic heterocycles. The van der Waals surface area contributed by atoms with Crippen LogP contribution in [0.25, 0.3) is 11.1 Å². The summed E-state index contributed by atoms with van der Waals surface area (Å²) in [5.74, 6) is 0.00249. The van der Waals surface area contributed by atoms with Crippen LogP contribution in [-0.4, -0.2) is 19.8 Å². The number of anilines is 1. The summed E-state index contributed by atoms with van der Waals surface area (Å²) in [5, 5.41) is 4.32. The molecule has 0 radical (unpaired) electrons. The molecule has 0 spiro atoms. The molecule has 0 aliphatic carbocycles. The van der Waals surface area contributed by atoms with Crippen LogP contribution in [-0.2, 0) is 15.6 Å². The molecule has 8 heteroatoms. The first kappa shape index (κ1) is 14.2. The number of halogens is 2. The first-order valence-electron chi connectivity index (χ1n) is 5.15. The van der Waals surface area contributed by atoms with Gasteiger partial charge in [-0.2, -0.15) is 0 Å². The number of rotatable bonds is 3. The van der Waals surface area contributed by atoms with E-state index in [0.717, 1.165) is 6.26 Å². The summed E-state index contributed by atoms with van der Waals surface area (Å²) in [5.41, 5.74) is 6.73. The van der Waals surface area contributed by atoms with Crippen molar-refractivity contribution < 1.29 is 12.9 Å². The maximum absolute atomic E-state index is 11.3. The van der Waals surface area contributed by atoms with Gasteiger partial charge < -0.3 is 10.3 Å². The first-order chi connectivity index (χ1) is 8.78. The largest absolute Gasteiger partial charge is 0.380 e. The smallest absolute Gasteiger partial charge is 0.175 e. The van der Waals surface area contributed by atoms with Gasteiger partial charge in [0, 0.05) is 6.26 Å². The third-order valence-corrected chi connectivity index (χ3v) is 3.92. The van der Waals surface area contributed by atoms with E-state index in [-0.39, 0.29) is 17.3 Å². The molecule has 19 heavy (non-hydrogen) atoms. The van der Waals surface area contributed by atoms with Crippen molar-refractivity contribution in [3.63, 3.8) is 0 Å². The molecule has 0 fully saturated rings. The highest BCUT2D eigenvalue weighted by molar-refractivity contribution is 7.89. The van der Waals surface area contributed by atoms with Crippen molar-refractivity contribution >= 4 is 38.9 Å². The number of hydrogen-bond donors (Lipinski definition) is 1. The second-order valence-corrected chi connectivity index (χ2v) is 7.02. The highest BCUT2D eigenvalue weighted by Gasteiger charge is 2.20. The molecule has 1 heterocycles. The molecule has 0 saturated heterocycles. The standard InChI is InChI=1S/C11H10Cl2N2O3S/c1-19(16,17)5-9-10(11(14)15-18-9)6-2-3-7(12)8(13)4-6/h2-4H,5H2,1H3,(H2,14,15). The van der Waals surface area contributed by atoms with Crippen LogP contribution in [0.15, 0.2) is 22.7 Å². The molecule has 2 N–H and O–H groups in total. The van der Waals surface area contributed by atoms with Crippen molar-refractivity contribution in [3.8, 4) is 11.1 Å². The molecule has 0 amide bonds. The Bertz CT molecular complexity index is 726. The van der Waals surface area contributed by atoms with Gasteiger partial charge in [0.2, 0.25) is 0 Å². The molecule has 1 aromatic carbocycles. The predicted molar refractivity (Wildman–Crippen MR) is 74.9 cm³/mol. The summed E-state index contributed by atoms with van der Waals surface area (Å²) < 4.78 is 27.6.